The smallest absolute Gasteiger partial charge is 0.255 e. The van der Waals surface area contributed by atoms with Crippen LogP contribution in [0.4, 0.5) is 21.7 Å². The molecule has 3 N–H and O–H groups in total. The summed E-state index contributed by atoms with van der Waals surface area (Å²) in [5, 5.41) is 9.10. The first-order valence-electron chi connectivity index (χ1n) is 12.5. The van der Waals surface area contributed by atoms with Crippen LogP contribution in [-0.4, -0.2) is 72.0 Å². The van der Waals surface area contributed by atoms with E-state index >= 15 is 4.39 Å². The summed E-state index contributed by atoms with van der Waals surface area (Å²) in [7, 11) is 0. The van der Waals surface area contributed by atoms with Gasteiger partial charge in [0, 0.05) is 61.3 Å². The van der Waals surface area contributed by atoms with Crippen LogP contribution in [0.2, 0.25) is 0 Å². The molecule has 0 aliphatic carbocycles. The zero-order valence-corrected chi connectivity index (χ0v) is 20.7. The molecule has 3 aliphatic heterocycles. The molecule has 1 aromatic carbocycles. The SMILES string of the molecule is C=CC(=C)N1CCCC(Nc2nc(Nc3ccc(C(=O)N4CCOCC4)cc3)c3c(c2F)CNC3=O)C1. The molecule has 10 heteroatoms. The molecule has 0 saturated carbocycles. The number of allylic oxidation sites excluding steroid dienone is 1. The molecule has 2 aromatic rings. The van der Waals surface area contributed by atoms with Crippen molar-refractivity contribution in [1.82, 2.24) is 20.1 Å². The summed E-state index contributed by atoms with van der Waals surface area (Å²) < 4.78 is 20.7. The van der Waals surface area contributed by atoms with Crippen molar-refractivity contribution < 1.29 is 18.7 Å². The van der Waals surface area contributed by atoms with E-state index in [4.69, 9.17) is 4.74 Å². The van der Waals surface area contributed by atoms with Gasteiger partial charge in [0.2, 0.25) is 0 Å². The maximum Gasteiger partial charge on any atom is 0.255 e. The number of nitrogens with one attached hydrogen (secondary N) is 3. The zero-order chi connectivity index (χ0) is 25.9. The summed E-state index contributed by atoms with van der Waals surface area (Å²) in [5.74, 6) is -0.579. The number of pyridine rings is 1. The van der Waals surface area contributed by atoms with E-state index in [1.54, 1.807) is 35.2 Å². The number of anilines is 3. The second kappa shape index (κ2) is 10.6. The van der Waals surface area contributed by atoms with E-state index in [0.29, 0.717) is 44.1 Å². The summed E-state index contributed by atoms with van der Waals surface area (Å²) in [6, 6.07) is 6.93. The van der Waals surface area contributed by atoms with Crippen molar-refractivity contribution in [3.05, 3.63) is 71.7 Å². The van der Waals surface area contributed by atoms with Gasteiger partial charge in [-0.05, 0) is 43.2 Å². The molecule has 2 amide bonds. The summed E-state index contributed by atoms with van der Waals surface area (Å²) in [6.07, 6.45) is 3.51. The molecular weight excluding hydrogens is 475 g/mol. The summed E-state index contributed by atoms with van der Waals surface area (Å²) in [4.78, 5) is 33.7. The number of amides is 2. The number of rotatable bonds is 7. The number of morpholine rings is 1. The van der Waals surface area contributed by atoms with Crippen molar-refractivity contribution in [1.29, 1.82) is 0 Å². The third-order valence-electron chi connectivity index (χ3n) is 6.98. The lowest BCUT2D eigenvalue weighted by Crippen LogP contribution is -2.41. The third-order valence-corrected chi connectivity index (χ3v) is 6.98. The highest BCUT2D eigenvalue weighted by atomic mass is 19.1. The molecule has 1 atom stereocenters. The summed E-state index contributed by atoms with van der Waals surface area (Å²) in [6.45, 7) is 11.6. The van der Waals surface area contributed by atoms with Crippen LogP contribution in [0.1, 0.15) is 39.1 Å². The normalized spacial score (nSPS) is 19.2. The molecule has 1 aromatic heterocycles. The number of carbonyl (C=O) groups is 2. The van der Waals surface area contributed by atoms with Crippen molar-refractivity contribution >= 4 is 29.1 Å². The fourth-order valence-corrected chi connectivity index (χ4v) is 4.93. The first-order chi connectivity index (χ1) is 17.9. The van der Waals surface area contributed by atoms with Crippen molar-refractivity contribution in [2.24, 2.45) is 0 Å². The Morgan fingerprint density at radius 1 is 1.16 bits per heavy atom. The second-order valence-corrected chi connectivity index (χ2v) is 9.39. The Kier molecular flexibility index (Phi) is 7.09. The Morgan fingerprint density at radius 3 is 2.65 bits per heavy atom. The molecule has 0 bridgehead atoms. The highest BCUT2D eigenvalue weighted by molar-refractivity contribution is 6.03. The first-order valence-corrected chi connectivity index (χ1v) is 12.5. The Balaban J connectivity index is 1.36. The third kappa shape index (κ3) is 5.15. The van der Waals surface area contributed by atoms with E-state index in [1.807, 2.05) is 0 Å². The fraction of sp³-hybridized carbons (Fsp3) is 0.370. The maximum atomic E-state index is 15.4. The molecule has 9 nitrogen and oxygen atoms in total. The van der Waals surface area contributed by atoms with Crippen LogP contribution in [-0.2, 0) is 11.3 Å². The molecule has 37 heavy (non-hydrogen) atoms. The minimum atomic E-state index is -0.523. The number of halogens is 1. The van der Waals surface area contributed by atoms with E-state index in [-0.39, 0.29) is 47.2 Å². The molecule has 0 spiro atoms. The van der Waals surface area contributed by atoms with Crippen molar-refractivity contribution in [3.8, 4) is 0 Å². The molecule has 5 rings (SSSR count). The molecule has 1 unspecified atom stereocenters. The van der Waals surface area contributed by atoms with Crippen LogP contribution in [0.25, 0.3) is 0 Å². The van der Waals surface area contributed by atoms with Gasteiger partial charge in [-0.3, -0.25) is 9.59 Å². The predicted molar refractivity (Wildman–Crippen MR) is 139 cm³/mol. The van der Waals surface area contributed by atoms with Gasteiger partial charge < -0.3 is 30.5 Å². The lowest BCUT2D eigenvalue weighted by Gasteiger charge is -2.35. The van der Waals surface area contributed by atoms with Crippen LogP contribution in [0.15, 0.2) is 49.2 Å². The molecule has 0 radical (unpaired) electrons. The lowest BCUT2D eigenvalue weighted by molar-refractivity contribution is 0.0303. The topological polar surface area (TPSA) is 98.8 Å². The van der Waals surface area contributed by atoms with Gasteiger partial charge in [-0.25, -0.2) is 9.37 Å². The average Bonchev–Trinajstić information content (AvgIpc) is 3.33. The largest absolute Gasteiger partial charge is 0.378 e. The second-order valence-electron chi connectivity index (χ2n) is 9.39. The number of piperidine rings is 1. The Morgan fingerprint density at radius 2 is 1.92 bits per heavy atom. The molecule has 3 aliphatic rings. The van der Waals surface area contributed by atoms with Crippen LogP contribution in [0.3, 0.4) is 0 Å². The minimum Gasteiger partial charge on any atom is -0.378 e. The van der Waals surface area contributed by atoms with Crippen molar-refractivity contribution in [2.45, 2.75) is 25.4 Å². The number of nitrogens with zero attached hydrogens (tertiary/aromatic N) is 3. The van der Waals surface area contributed by atoms with Gasteiger partial charge >= 0.3 is 0 Å². The van der Waals surface area contributed by atoms with E-state index in [9.17, 15) is 9.59 Å². The standard InChI is InChI=1S/C27H31FN6O3/c1-3-17(2)34-10-4-5-20(16-34)31-25-23(28)21-15-29-26(35)22(21)24(32-25)30-19-8-6-18(7-9-19)27(36)33-11-13-37-14-12-33/h3,6-9,20H,1-2,4-5,10-16H2,(H,29,35)(H2,30,31,32). The number of hydrogen-bond acceptors (Lipinski definition) is 7. The number of benzene rings is 1. The quantitative estimate of drug-likeness (QED) is 0.496. The number of ether oxygens (including phenoxy) is 1. The molecule has 4 heterocycles. The van der Waals surface area contributed by atoms with Crippen LogP contribution < -0.4 is 16.0 Å². The van der Waals surface area contributed by atoms with Gasteiger partial charge in [0.25, 0.3) is 11.8 Å². The maximum absolute atomic E-state index is 15.4. The number of likely N-dealkylation sites (tertiary alicyclic amines) is 1. The van der Waals surface area contributed by atoms with Gasteiger partial charge in [-0.2, -0.15) is 0 Å². The van der Waals surface area contributed by atoms with E-state index < -0.39 is 5.82 Å². The number of fused-ring (bicyclic) bond motifs is 1. The van der Waals surface area contributed by atoms with Gasteiger partial charge in [-0.15, -0.1) is 0 Å². The van der Waals surface area contributed by atoms with Crippen molar-refractivity contribution in [2.75, 3.05) is 50.0 Å². The lowest BCUT2D eigenvalue weighted by atomic mass is 10.0. The van der Waals surface area contributed by atoms with E-state index in [1.165, 1.54) is 0 Å². The van der Waals surface area contributed by atoms with Crippen LogP contribution >= 0.6 is 0 Å². The van der Waals surface area contributed by atoms with Crippen molar-refractivity contribution in [3.63, 3.8) is 0 Å². The number of aromatic nitrogens is 1. The van der Waals surface area contributed by atoms with Gasteiger partial charge in [0.05, 0.1) is 18.8 Å². The first kappa shape index (κ1) is 24.8. The van der Waals surface area contributed by atoms with E-state index in [2.05, 4.69) is 39.0 Å². The summed E-state index contributed by atoms with van der Waals surface area (Å²) >= 11 is 0. The summed E-state index contributed by atoms with van der Waals surface area (Å²) in [5.41, 5.74) is 2.51. The average molecular weight is 507 g/mol. The monoisotopic (exact) mass is 506 g/mol. The van der Waals surface area contributed by atoms with Gasteiger partial charge in [0.1, 0.15) is 5.82 Å². The highest BCUT2D eigenvalue weighted by Crippen LogP contribution is 2.32. The minimum absolute atomic E-state index is 0.0334. The number of carbonyl (C=O) groups excluding carboxylic acids is 2. The zero-order valence-electron chi connectivity index (χ0n) is 20.7. The number of hydrogen-bond donors (Lipinski definition) is 3. The molecular formula is C27H31FN6O3. The van der Waals surface area contributed by atoms with Crippen LogP contribution in [0, 0.1) is 5.82 Å². The molecule has 194 valence electrons. The Bertz CT molecular complexity index is 1230. The fourth-order valence-electron chi connectivity index (χ4n) is 4.93. The van der Waals surface area contributed by atoms with Gasteiger partial charge in [-0.1, -0.05) is 13.2 Å². The van der Waals surface area contributed by atoms with Crippen LogP contribution in [0.5, 0.6) is 0 Å². The Labute approximate surface area is 215 Å². The molecule has 2 fully saturated rings. The Hall–Kier alpha value is -3.92. The highest BCUT2D eigenvalue weighted by Gasteiger charge is 2.31. The van der Waals surface area contributed by atoms with Gasteiger partial charge in [0.15, 0.2) is 11.6 Å². The van der Waals surface area contributed by atoms with E-state index in [0.717, 1.165) is 25.1 Å². The molecule has 2 saturated heterocycles. The predicted octanol–water partition coefficient (Wildman–Crippen LogP) is 3.26.